The Morgan fingerprint density at radius 3 is 2.91 bits per heavy atom. The summed E-state index contributed by atoms with van der Waals surface area (Å²) in [5.74, 6) is 2.60. The number of para-hydroxylation sites is 1. The lowest BCUT2D eigenvalue weighted by atomic mass is 9.99. The first-order chi connectivity index (χ1) is 11.2. The summed E-state index contributed by atoms with van der Waals surface area (Å²) in [6.07, 6.45) is 3.75. The summed E-state index contributed by atoms with van der Waals surface area (Å²) in [5.41, 5.74) is 1.30. The van der Waals surface area contributed by atoms with E-state index in [1.165, 1.54) is 31.5 Å². The molecule has 1 fully saturated rings. The number of piperidine rings is 1. The lowest BCUT2D eigenvalue weighted by molar-refractivity contribution is 0.210. The molecule has 1 saturated heterocycles. The number of nitrogens with one attached hydrogen (secondary N) is 2. The summed E-state index contributed by atoms with van der Waals surface area (Å²) in [4.78, 5) is 6.74. The number of likely N-dealkylation sites (tertiary alicyclic amines) is 1. The van der Waals surface area contributed by atoms with Crippen LogP contribution in [0.4, 0.5) is 0 Å². The average Bonchev–Trinajstić information content (AvgIpc) is 2.98. The number of benzene rings is 1. The van der Waals surface area contributed by atoms with Crippen molar-refractivity contribution in [2.24, 2.45) is 10.9 Å². The Kier molecular flexibility index (Phi) is 5.39. The van der Waals surface area contributed by atoms with Crippen LogP contribution < -0.4 is 15.4 Å². The molecule has 0 amide bonds. The predicted octanol–water partition coefficient (Wildman–Crippen LogP) is 1.50. The molecule has 3 rings (SSSR count). The summed E-state index contributed by atoms with van der Waals surface area (Å²) in [6, 6.07) is 8.28. The lowest BCUT2D eigenvalue weighted by Gasteiger charge is -2.30. The maximum Gasteiger partial charge on any atom is 0.191 e. The van der Waals surface area contributed by atoms with E-state index in [0.29, 0.717) is 5.92 Å². The number of aliphatic imine (C=N–C) groups is 1. The number of fused-ring (bicyclic) bond motifs is 1. The SMILES string of the molecule is CN=C(NCC1CCCN(C)C1)NCC1Cc2ccccc2O1. The lowest BCUT2D eigenvalue weighted by Crippen LogP contribution is -2.45. The minimum Gasteiger partial charge on any atom is -0.488 e. The van der Waals surface area contributed by atoms with Gasteiger partial charge in [0.05, 0.1) is 6.54 Å². The van der Waals surface area contributed by atoms with Crippen molar-refractivity contribution in [3.05, 3.63) is 29.8 Å². The standard InChI is InChI=1S/C18H28N4O/c1-19-18(20-11-14-6-5-9-22(2)13-14)21-12-16-10-15-7-3-4-8-17(15)23-16/h3-4,7-8,14,16H,5-6,9-13H2,1-2H3,(H2,19,20,21). The molecule has 0 spiro atoms. The van der Waals surface area contributed by atoms with Crippen LogP contribution in [0.15, 0.2) is 29.3 Å². The first-order valence-corrected chi connectivity index (χ1v) is 8.62. The van der Waals surface area contributed by atoms with Crippen molar-refractivity contribution in [3.8, 4) is 5.75 Å². The Morgan fingerprint density at radius 2 is 2.13 bits per heavy atom. The zero-order chi connectivity index (χ0) is 16.1. The highest BCUT2D eigenvalue weighted by atomic mass is 16.5. The van der Waals surface area contributed by atoms with E-state index in [2.05, 4.69) is 39.7 Å². The maximum atomic E-state index is 5.96. The number of hydrogen-bond donors (Lipinski definition) is 2. The van der Waals surface area contributed by atoms with Gasteiger partial charge in [-0.2, -0.15) is 0 Å². The van der Waals surface area contributed by atoms with Crippen molar-refractivity contribution in [2.45, 2.75) is 25.4 Å². The van der Waals surface area contributed by atoms with Crippen molar-refractivity contribution in [1.29, 1.82) is 0 Å². The van der Waals surface area contributed by atoms with Crippen LogP contribution >= 0.6 is 0 Å². The predicted molar refractivity (Wildman–Crippen MR) is 94.1 cm³/mol. The number of hydrogen-bond acceptors (Lipinski definition) is 3. The van der Waals surface area contributed by atoms with Gasteiger partial charge in [-0.3, -0.25) is 4.99 Å². The molecule has 2 aliphatic rings. The number of guanidine groups is 1. The van der Waals surface area contributed by atoms with Gasteiger partial charge in [0.2, 0.25) is 0 Å². The molecule has 0 aromatic heterocycles. The minimum atomic E-state index is 0.187. The van der Waals surface area contributed by atoms with Crippen LogP contribution in [0.1, 0.15) is 18.4 Å². The van der Waals surface area contributed by atoms with E-state index in [4.69, 9.17) is 4.74 Å². The van der Waals surface area contributed by atoms with Gasteiger partial charge in [-0.15, -0.1) is 0 Å². The molecule has 0 aliphatic carbocycles. The number of ether oxygens (including phenoxy) is 1. The summed E-state index contributed by atoms with van der Waals surface area (Å²) in [6.45, 7) is 4.16. The van der Waals surface area contributed by atoms with E-state index >= 15 is 0 Å². The summed E-state index contributed by atoms with van der Waals surface area (Å²) in [5, 5.41) is 6.86. The third-order valence-electron chi connectivity index (χ3n) is 4.71. The van der Waals surface area contributed by atoms with E-state index in [1.807, 2.05) is 19.2 Å². The molecule has 5 nitrogen and oxygen atoms in total. The monoisotopic (exact) mass is 316 g/mol. The average molecular weight is 316 g/mol. The van der Waals surface area contributed by atoms with Gasteiger partial charge >= 0.3 is 0 Å². The fourth-order valence-electron chi connectivity index (χ4n) is 3.48. The van der Waals surface area contributed by atoms with Crippen LogP contribution in [0, 0.1) is 5.92 Å². The Labute approximate surface area is 139 Å². The molecule has 0 radical (unpaired) electrons. The number of rotatable bonds is 4. The molecule has 126 valence electrons. The van der Waals surface area contributed by atoms with Crippen molar-refractivity contribution in [2.75, 3.05) is 40.3 Å². The third kappa shape index (κ3) is 4.38. The second-order valence-electron chi connectivity index (χ2n) is 6.66. The van der Waals surface area contributed by atoms with Crippen molar-refractivity contribution in [3.63, 3.8) is 0 Å². The van der Waals surface area contributed by atoms with Crippen molar-refractivity contribution < 1.29 is 4.74 Å². The second kappa shape index (κ2) is 7.68. The topological polar surface area (TPSA) is 48.9 Å². The highest BCUT2D eigenvalue weighted by Crippen LogP contribution is 2.27. The van der Waals surface area contributed by atoms with Crippen LogP contribution in [0.5, 0.6) is 5.75 Å². The van der Waals surface area contributed by atoms with Gasteiger partial charge in [-0.25, -0.2) is 0 Å². The first kappa shape index (κ1) is 16.1. The molecule has 2 unspecified atom stereocenters. The summed E-state index contributed by atoms with van der Waals surface area (Å²) in [7, 11) is 4.03. The largest absolute Gasteiger partial charge is 0.488 e. The second-order valence-corrected chi connectivity index (χ2v) is 6.66. The van der Waals surface area contributed by atoms with E-state index in [1.54, 1.807) is 0 Å². The molecule has 0 bridgehead atoms. The van der Waals surface area contributed by atoms with Gasteiger partial charge < -0.3 is 20.3 Å². The van der Waals surface area contributed by atoms with Crippen molar-refractivity contribution >= 4 is 5.96 Å². The highest BCUT2D eigenvalue weighted by Gasteiger charge is 2.22. The van der Waals surface area contributed by atoms with Crippen LogP contribution in [0.25, 0.3) is 0 Å². The van der Waals surface area contributed by atoms with Crippen molar-refractivity contribution in [1.82, 2.24) is 15.5 Å². The van der Waals surface area contributed by atoms with E-state index in [9.17, 15) is 0 Å². The fourth-order valence-corrected chi connectivity index (χ4v) is 3.48. The third-order valence-corrected chi connectivity index (χ3v) is 4.71. The quantitative estimate of drug-likeness (QED) is 0.653. The van der Waals surface area contributed by atoms with Crippen LogP contribution in [0.3, 0.4) is 0 Å². The first-order valence-electron chi connectivity index (χ1n) is 8.62. The van der Waals surface area contributed by atoms with Gasteiger partial charge in [-0.1, -0.05) is 18.2 Å². The van der Waals surface area contributed by atoms with E-state index in [0.717, 1.165) is 31.2 Å². The normalized spacial score (nSPS) is 24.9. The van der Waals surface area contributed by atoms with E-state index < -0.39 is 0 Å². The fraction of sp³-hybridized carbons (Fsp3) is 0.611. The Balaban J connectivity index is 1.40. The summed E-state index contributed by atoms with van der Waals surface area (Å²) >= 11 is 0. The highest BCUT2D eigenvalue weighted by molar-refractivity contribution is 5.79. The van der Waals surface area contributed by atoms with Crippen LogP contribution in [-0.4, -0.2) is 57.2 Å². The van der Waals surface area contributed by atoms with Gasteiger partial charge in [0.15, 0.2) is 5.96 Å². The summed E-state index contributed by atoms with van der Waals surface area (Å²) < 4.78 is 5.96. The molecular formula is C18H28N4O. The molecule has 23 heavy (non-hydrogen) atoms. The molecule has 2 N–H and O–H groups in total. The molecular weight excluding hydrogens is 288 g/mol. The zero-order valence-corrected chi connectivity index (χ0v) is 14.2. The van der Waals surface area contributed by atoms with Crippen LogP contribution in [-0.2, 0) is 6.42 Å². The maximum absolute atomic E-state index is 5.96. The minimum absolute atomic E-state index is 0.187. The molecule has 1 aromatic carbocycles. The number of nitrogens with zero attached hydrogens (tertiary/aromatic N) is 2. The van der Waals surface area contributed by atoms with Gasteiger partial charge in [0.25, 0.3) is 0 Å². The molecule has 2 heterocycles. The van der Waals surface area contributed by atoms with Gasteiger partial charge in [0.1, 0.15) is 11.9 Å². The molecule has 0 saturated carbocycles. The molecule has 2 aliphatic heterocycles. The zero-order valence-electron chi connectivity index (χ0n) is 14.2. The Hall–Kier alpha value is -1.75. The Bertz CT molecular complexity index is 521. The Morgan fingerprint density at radius 1 is 1.30 bits per heavy atom. The van der Waals surface area contributed by atoms with Crippen LogP contribution in [0.2, 0.25) is 0 Å². The van der Waals surface area contributed by atoms with Gasteiger partial charge in [-0.05, 0) is 44.0 Å². The smallest absolute Gasteiger partial charge is 0.191 e. The molecule has 1 aromatic rings. The molecule has 2 atom stereocenters. The van der Waals surface area contributed by atoms with Gasteiger partial charge in [0, 0.05) is 26.6 Å². The van der Waals surface area contributed by atoms with E-state index in [-0.39, 0.29) is 6.10 Å². The molecule has 5 heteroatoms.